The molecule has 2 aliphatic carbocycles. The second kappa shape index (κ2) is 5.71. The highest BCUT2D eigenvalue weighted by Gasteiger charge is 2.36. The van der Waals surface area contributed by atoms with Crippen molar-refractivity contribution in [1.82, 2.24) is 10.2 Å². The van der Waals surface area contributed by atoms with Crippen LogP contribution in [0.3, 0.4) is 0 Å². The fourth-order valence-corrected chi connectivity index (χ4v) is 3.42. The van der Waals surface area contributed by atoms with E-state index in [2.05, 4.69) is 31.1 Å². The van der Waals surface area contributed by atoms with Gasteiger partial charge in [-0.1, -0.05) is 33.1 Å². The van der Waals surface area contributed by atoms with Crippen LogP contribution < -0.4 is 5.32 Å². The van der Waals surface area contributed by atoms with Crippen molar-refractivity contribution >= 4 is 0 Å². The standard InChI is InChI=1S/C15H30N2/c1-13(2)16-11-15(9-4-5-10-15)12-17(3)14-7-6-8-14/h13-14,16H,4-12H2,1-3H3. The molecule has 2 fully saturated rings. The Hall–Kier alpha value is -0.0800. The molecular formula is C15H30N2. The molecule has 1 N–H and O–H groups in total. The van der Waals surface area contributed by atoms with Crippen LogP contribution in [0.15, 0.2) is 0 Å². The van der Waals surface area contributed by atoms with Gasteiger partial charge in [0.05, 0.1) is 0 Å². The number of nitrogens with zero attached hydrogens (tertiary/aromatic N) is 1. The highest BCUT2D eigenvalue weighted by molar-refractivity contribution is 4.91. The second-order valence-electron chi connectivity index (χ2n) is 6.74. The predicted molar refractivity (Wildman–Crippen MR) is 74.3 cm³/mol. The number of rotatable bonds is 6. The zero-order valence-electron chi connectivity index (χ0n) is 12.0. The Morgan fingerprint density at radius 1 is 1.18 bits per heavy atom. The van der Waals surface area contributed by atoms with Crippen LogP contribution in [0, 0.1) is 5.41 Å². The zero-order valence-corrected chi connectivity index (χ0v) is 12.0. The first kappa shape index (κ1) is 13.4. The van der Waals surface area contributed by atoms with Gasteiger partial charge in [-0.3, -0.25) is 0 Å². The molecule has 2 aliphatic rings. The largest absolute Gasteiger partial charge is 0.314 e. The van der Waals surface area contributed by atoms with Crippen molar-refractivity contribution in [3.05, 3.63) is 0 Å². The summed E-state index contributed by atoms with van der Waals surface area (Å²) in [7, 11) is 2.35. The summed E-state index contributed by atoms with van der Waals surface area (Å²) in [4.78, 5) is 2.65. The van der Waals surface area contributed by atoms with Crippen molar-refractivity contribution in [2.24, 2.45) is 5.41 Å². The first-order chi connectivity index (χ1) is 8.11. The third-order valence-electron chi connectivity index (χ3n) is 4.83. The Balaban J connectivity index is 1.86. The van der Waals surface area contributed by atoms with Crippen molar-refractivity contribution < 1.29 is 0 Å². The van der Waals surface area contributed by atoms with Crippen molar-refractivity contribution in [2.75, 3.05) is 20.1 Å². The lowest BCUT2D eigenvalue weighted by atomic mass is 9.83. The molecular weight excluding hydrogens is 208 g/mol. The maximum Gasteiger partial charge on any atom is 0.00924 e. The Morgan fingerprint density at radius 3 is 2.29 bits per heavy atom. The fourth-order valence-electron chi connectivity index (χ4n) is 3.42. The van der Waals surface area contributed by atoms with Gasteiger partial charge in [0, 0.05) is 25.2 Å². The molecule has 17 heavy (non-hydrogen) atoms. The van der Waals surface area contributed by atoms with E-state index in [1.54, 1.807) is 0 Å². The maximum atomic E-state index is 3.68. The Morgan fingerprint density at radius 2 is 1.82 bits per heavy atom. The minimum atomic E-state index is 0.578. The van der Waals surface area contributed by atoms with E-state index >= 15 is 0 Å². The molecule has 2 nitrogen and oxygen atoms in total. The lowest BCUT2D eigenvalue weighted by molar-refractivity contribution is 0.0926. The summed E-state index contributed by atoms with van der Waals surface area (Å²) in [6.07, 6.45) is 10.1. The Labute approximate surface area is 107 Å². The van der Waals surface area contributed by atoms with E-state index in [0.29, 0.717) is 11.5 Å². The summed E-state index contributed by atoms with van der Waals surface area (Å²) in [6.45, 7) is 7.07. The monoisotopic (exact) mass is 238 g/mol. The molecule has 0 heterocycles. The molecule has 2 heteroatoms. The molecule has 2 rings (SSSR count). The second-order valence-corrected chi connectivity index (χ2v) is 6.74. The van der Waals surface area contributed by atoms with Gasteiger partial charge in [-0.15, -0.1) is 0 Å². The highest BCUT2D eigenvalue weighted by atomic mass is 15.1. The lowest BCUT2D eigenvalue weighted by Gasteiger charge is -2.41. The minimum Gasteiger partial charge on any atom is -0.314 e. The summed E-state index contributed by atoms with van der Waals surface area (Å²) in [5.74, 6) is 0. The van der Waals surface area contributed by atoms with E-state index in [1.165, 1.54) is 58.0 Å². The van der Waals surface area contributed by atoms with Crippen LogP contribution in [0.4, 0.5) is 0 Å². The van der Waals surface area contributed by atoms with Crippen molar-refractivity contribution in [1.29, 1.82) is 0 Å². The average molecular weight is 238 g/mol. The van der Waals surface area contributed by atoms with Gasteiger partial charge in [-0.2, -0.15) is 0 Å². The zero-order chi connectivity index (χ0) is 12.3. The first-order valence-corrected chi connectivity index (χ1v) is 7.55. The summed E-state index contributed by atoms with van der Waals surface area (Å²) in [5, 5.41) is 3.68. The van der Waals surface area contributed by atoms with Crippen LogP contribution >= 0.6 is 0 Å². The SMILES string of the molecule is CC(C)NCC1(CN(C)C2CCC2)CCCC1. The first-order valence-electron chi connectivity index (χ1n) is 7.55. The number of nitrogens with one attached hydrogen (secondary N) is 1. The normalized spacial score (nSPS) is 24.5. The third-order valence-corrected chi connectivity index (χ3v) is 4.83. The van der Waals surface area contributed by atoms with Crippen LogP contribution in [0.1, 0.15) is 58.8 Å². The van der Waals surface area contributed by atoms with Crippen LogP contribution in [0.2, 0.25) is 0 Å². The molecule has 2 saturated carbocycles. The Bertz CT molecular complexity index is 227. The summed E-state index contributed by atoms with van der Waals surface area (Å²) in [6, 6.07) is 1.52. The molecule has 0 amide bonds. The molecule has 0 saturated heterocycles. The molecule has 0 atom stereocenters. The van der Waals surface area contributed by atoms with E-state index in [9.17, 15) is 0 Å². The van der Waals surface area contributed by atoms with E-state index in [-0.39, 0.29) is 0 Å². The van der Waals surface area contributed by atoms with E-state index in [0.717, 1.165) is 6.04 Å². The lowest BCUT2D eigenvalue weighted by Crippen LogP contribution is -2.47. The molecule has 0 radical (unpaired) electrons. The molecule has 0 aromatic heterocycles. The van der Waals surface area contributed by atoms with Crippen molar-refractivity contribution in [3.8, 4) is 0 Å². The Kier molecular flexibility index (Phi) is 4.48. The average Bonchev–Trinajstić information content (AvgIpc) is 2.61. The van der Waals surface area contributed by atoms with Gasteiger partial charge >= 0.3 is 0 Å². The van der Waals surface area contributed by atoms with Crippen LogP contribution in [0.5, 0.6) is 0 Å². The fraction of sp³-hybridized carbons (Fsp3) is 1.00. The molecule has 0 aromatic rings. The van der Waals surface area contributed by atoms with Crippen molar-refractivity contribution in [2.45, 2.75) is 70.9 Å². The summed E-state index contributed by atoms with van der Waals surface area (Å²) >= 11 is 0. The summed E-state index contributed by atoms with van der Waals surface area (Å²) in [5.41, 5.74) is 0.578. The predicted octanol–water partition coefficient (Wildman–Crippen LogP) is 3.03. The van der Waals surface area contributed by atoms with Gasteiger partial charge in [0.15, 0.2) is 0 Å². The molecule has 0 aromatic carbocycles. The summed E-state index contributed by atoms with van der Waals surface area (Å²) < 4.78 is 0. The van der Waals surface area contributed by atoms with E-state index < -0.39 is 0 Å². The van der Waals surface area contributed by atoms with Gasteiger partial charge in [0.2, 0.25) is 0 Å². The third kappa shape index (κ3) is 3.45. The van der Waals surface area contributed by atoms with Gasteiger partial charge in [-0.05, 0) is 38.1 Å². The highest BCUT2D eigenvalue weighted by Crippen LogP contribution is 2.39. The maximum absolute atomic E-state index is 3.68. The van der Waals surface area contributed by atoms with Gasteiger partial charge < -0.3 is 10.2 Å². The molecule has 0 unspecified atom stereocenters. The quantitative estimate of drug-likeness (QED) is 0.765. The molecule has 100 valence electrons. The molecule has 0 bridgehead atoms. The molecule has 0 spiro atoms. The van der Waals surface area contributed by atoms with Gasteiger partial charge in [-0.25, -0.2) is 0 Å². The van der Waals surface area contributed by atoms with E-state index in [1.807, 2.05) is 0 Å². The van der Waals surface area contributed by atoms with Crippen LogP contribution in [-0.2, 0) is 0 Å². The topological polar surface area (TPSA) is 15.3 Å². The van der Waals surface area contributed by atoms with Crippen molar-refractivity contribution in [3.63, 3.8) is 0 Å². The van der Waals surface area contributed by atoms with Gasteiger partial charge in [0.1, 0.15) is 0 Å². The van der Waals surface area contributed by atoms with Gasteiger partial charge in [0.25, 0.3) is 0 Å². The number of hydrogen-bond donors (Lipinski definition) is 1. The van der Waals surface area contributed by atoms with E-state index in [4.69, 9.17) is 0 Å². The smallest absolute Gasteiger partial charge is 0.00924 e. The minimum absolute atomic E-state index is 0.578. The number of hydrogen-bond acceptors (Lipinski definition) is 2. The molecule has 0 aliphatic heterocycles. The van der Waals surface area contributed by atoms with Crippen LogP contribution in [-0.4, -0.2) is 37.1 Å². The van der Waals surface area contributed by atoms with Crippen LogP contribution in [0.25, 0.3) is 0 Å².